The third kappa shape index (κ3) is 3.83. The normalized spacial score (nSPS) is 11.8. The summed E-state index contributed by atoms with van der Waals surface area (Å²) in [5.41, 5.74) is 1.00. The molecule has 2 rings (SSSR count). The second-order valence-corrected chi connectivity index (χ2v) is 4.59. The zero-order chi connectivity index (χ0) is 15.9. The molecule has 0 aliphatic carbocycles. The lowest BCUT2D eigenvalue weighted by molar-refractivity contribution is -0.126. The van der Waals surface area contributed by atoms with E-state index in [0.29, 0.717) is 12.4 Å². The quantitative estimate of drug-likeness (QED) is 0.887. The third-order valence-electron chi connectivity index (χ3n) is 3.08. The van der Waals surface area contributed by atoms with Crippen molar-refractivity contribution in [3.05, 3.63) is 59.9 Å². The standard InChI is InChI=1S/C17H18FNO3/c1-3-22-15-10-9-13(18)11-14(15)19-17(20)16(21-2)12-7-5-4-6-8-12/h4-11,16H,3H2,1-2H3,(H,19,20). The molecule has 1 N–H and O–H groups in total. The fraction of sp³-hybridized carbons (Fsp3) is 0.235. The van der Waals surface area contributed by atoms with E-state index in [1.807, 2.05) is 25.1 Å². The van der Waals surface area contributed by atoms with Gasteiger partial charge in [0.25, 0.3) is 5.91 Å². The van der Waals surface area contributed by atoms with Crippen LogP contribution in [-0.2, 0) is 9.53 Å². The summed E-state index contributed by atoms with van der Waals surface area (Å²) in [6.07, 6.45) is -0.779. The number of halogens is 1. The van der Waals surface area contributed by atoms with Crippen LogP contribution in [0.4, 0.5) is 10.1 Å². The maximum atomic E-state index is 13.4. The van der Waals surface area contributed by atoms with Crippen molar-refractivity contribution in [2.75, 3.05) is 19.0 Å². The highest BCUT2D eigenvalue weighted by Crippen LogP contribution is 2.27. The average molecular weight is 303 g/mol. The van der Waals surface area contributed by atoms with E-state index in [1.54, 1.807) is 12.1 Å². The van der Waals surface area contributed by atoms with Crippen LogP contribution in [0.5, 0.6) is 5.75 Å². The lowest BCUT2D eigenvalue weighted by Crippen LogP contribution is -2.23. The molecule has 2 aromatic rings. The number of benzene rings is 2. The Morgan fingerprint density at radius 3 is 2.59 bits per heavy atom. The van der Waals surface area contributed by atoms with Crippen LogP contribution in [0.2, 0.25) is 0 Å². The van der Waals surface area contributed by atoms with Gasteiger partial charge in [-0.1, -0.05) is 30.3 Å². The number of carbonyl (C=O) groups excluding carboxylic acids is 1. The number of ether oxygens (including phenoxy) is 2. The van der Waals surface area contributed by atoms with Gasteiger partial charge in [-0.3, -0.25) is 4.79 Å². The smallest absolute Gasteiger partial charge is 0.258 e. The summed E-state index contributed by atoms with van der Waals surface area (Å²) in [5, 5.41) is 2.66. The largest absolute Gasteiger partial charge is 0.492 e. The SMILES string of the molecule is CCOc1ccc(F)cc1NC(=O)C(OC)c1ccccc1. The molecule has 0 spiro atoms. The number of carbonyl (C=O) groups is 1. The highest BCUT2D eigenvalue weighted by atomic mass is 19.1. The van der Waals surface area contributed by atoms with Crippen LogP contribution >= 0.6 is 0 Å². The number of anilines is 1. The summed E-state index contributed by atoms with van der Waals surface area (Å²) in [5.74, 6) is -0.423. The second-order valence-electron chi connectivity index (χ2n) is 4.59. The molecule has 0 saturated carbocycles. The Morgan fingerprint density at radius 1 is 1.23 bits per heavy atom. The highest BCUT2D eigenvalue weighted by Gasteiger charge is 2.21. The van der Waals surface area contributed by atoms with Gasteiger partial charge in [0, 0.05) is 13.2 Å². The van der Waals surface area contributed by atoms with E-state index in [0.717, 1.165) is 5.56 Å². The predicted octanol–water partition coefficient (Wildman–Crippen LogP) is 3.55. The molecule has 0 aliphatic rings. The number of hydrogen-bond acceptors (Lipinski definition) is 3. The van der Waals surface area contributed by atoms with E-state index in [1.165, 1.54) is 25.3 Å². The van der Waals surface area contributed by atoms with Crippen LogP contribution in [0.15, 0.2) is 48.5 Å². The summed E-state index contributed by atoms with van der Waals surface area (Å²) in [6.45, 7) is 2.23. The molecule has 2 aromatic carbocycles. The van der Waals surface area contributed by atoms with Gasteiger partial charge in [-0.15, -0.1) is 0 Å². The number of hydrogen-bond donors (Lipinski definition) is 1. The minimum absolute atomic E-state index is 0.282. The molecular formula is C17H18FNO3. The van der Waals surface area contributed by atoms with Gasteiger partial charge in [-0.25, -0.2) is 4.39 Å². The molecule has 0 aromatic heterocycles. The van der Waals surface area contributed by atoms with Gasteiger partial charge in [0.1, 0.15) is 11.6 Å². The zero-order valence-corrected chi connectivity index (χ0v) is 12.5. The van der Waals surface area contributed by atoms with Crippen molar-refractivity contribution in [1.29, 1.82) is 0 Å². The molecule has 22 heavy (non-hydrogen) atoms. The van der Waals surface area contributed by atoms with E-state index < -0.39 is 11.9 Å². The number of nitrogens with one attached hydrogen (secondary N) is 1. The average Bonchev–Trinajstić information content (AvgIpc) is 2.52. The maximum absolute atomic E-state index is 13.4. The molecule has 1 amide bonds. The van der Waals surface area contributed by atoms with Crippen LogP contribution < -0.4 is 10.1 Å². The molecular weight excluding hydrogens is 285 g/mol. The Balaban J connectivity index is 2.22. The molecule has 4 nitrogen and oxygen atoms in total. The van der Waals surface area contributed by atoms with Gasteiger partial charge in [-0.2, -0.15) is 0 Å². The fourth-order valence-electron chi connectivity index (χ4n) is 2.10. The maximum Gasteiger partial charge on any atom is 0.258 e. The van der Waals surface area contributed by atoms with E-state index >= 15 is 0 Å². The molecule has 0 bridgehead atoms. The first-order chi connectivity index (χ1) is 10.7. The van der Waals surface area contributed by atoms with E-state index in [2.05, 4.69) is 5.32 Å². The summed E-state index contributed by atoms with van der Waals surface area (Å²) in [7, 11) is 1.45. The number of methoxy groups -OCH3 is 1. The van der Waals surface area contributed by atoms with Gasteiger partial charge in [0.15, 0.2) is 6.10 Å². The van der Waals surface area contributed by atoms with Crippen molar-refractivity contribution < 1.29 is 18.7 Å². The first-order valence-electron chi connectivity index (χ1n) is 6.96. The molecule has 0 fully saturated rings. The number of rotatable bonds is 6. The summed E-state index contributed by atoms with van der Waals surface area (Å²) >= 11 is 0. The van der Waals surface area contributed by atoms with Gasteiger partial charge >= 0.3 is 0 Å². The highest BCUT2D eigenvalue weighted by molar-refractivity contribution is 5.96. The molecule has 0 saturated heterocycles. The predicted molar refractivity (Wildman–Crippen MR) is 82.4 cm³/mol. The van der Waals surface area contributed by atoms with E-state index in [9.17, 15) is 9.18 Å². The van der Waals surface area contributed by atoms with Crippen molar-refractivity contribution in [1.82, 2.24) is 0 Å². The number of amides is 1. The second kappa shape index (κ2) is 7.56. The van der Waals surface area contributed by atoms with Gasteiger partial charge in [0.05, 0.1) is 12.3 Å². The summed E-state index contributed by atoms with van der Waals surface area (Å²) in [4.78, 5) is 12.4. The molecule has 0 aliphatic heterocycles. The first kappa shape index (κ1) is 16.0. The summed E-state index contributed by atoms with van der Waals surface area (Å²) in [6, 6.07) is 13.1. The zero-order valence-electron chi connectivity index (χ0n) is 12.5. The molecule has 0 radical (unpaired) electrons. The Hall–Kier alpha value is -2.40. The van der Waals surface area contributed by atoms with Crippen molar-refractivity contribution in [2.45, 2.75) is 13.0 Å². The lowest BCUT2D eigenvalue weighted by Gasteiger charge is -2.17. The van der Waals surface area contributed by atoms with Crippen LogP contribution in [0.3, 0.4) is 0 Å². The van der Waals surface area contributed by atoms with Crippen molar-refractivity contribution >= 4 is 11.6 Å². The minimum atomic E-state index is -0.779. The van der Waals surface area contributed by atoms with E-state index in [4.69, 9.17) is 9.47 Å². The molecule has 1 atom stereocenters. The van der Waals surface area contributed by atoms with Crippen LogP contribution in [0.25, 0.3) is 0 Å². The van der Waals surface area contributed by atoms with Gasteiger partial charge in [-0.05, 0) is 24.6 Å². The summed E-state index contributed by atoms with van der Waals surface area (Å²) < 4.78 is 24.0. The monoisotopic (exact) mass is 303 g/mol. The Bertz CT molecular complexity index is 631. The lowest BCUT2D eigenvalue weighted by atomic mass is 10.1. The topological polar surface area (TPSA) is 47.6 Å². The van der Waals surface area contributed by atoms with Crippen LogP contribution in [-0.4, -0.2) is 19.6 Å². The van der Waals surface area contributed by atoms with Crippen molar-refractivity contribution in [3.63, 3.8) is 0 Å². The first-order valence-corrected chi connectivity index (χ1v) is 6.96. The van der Waals surface area contributed by atoms with Crippen molar-refractivity contribution in [2.24, 2.45) is 0 Å². The van der Waals surface area contributed by atoms with Gasteiger partial charge in [0.2, 0.25) is 0 Å². The van der Waals surface area contributed by atoms with Crippen LogP contribution in [0.1, 0.15) is 18.6 Å². The minimum Gasteiger partial charge on any atom is -0.492 e. The molecule has 0 heterocycles. The van der Waals surface area contributed by atoms with Crippen LogP contribution in [0, 0.1) is 5.82 Å². The molecule has 1 unspecified atom stereocenters. The molecule has 116 valence electrons. The van der Waals surface area contributed by atoms with Crippen molar-refractivity contribution in [3.8, 4) is 5.75 Å². The van der Waals surface area contributed by atoms with Gasteiger partial charge < -0.3 is 14.8 Å². The Kier molecular flexibility index (Phi) is 5.49. The fourth-order valence-corrected chi connectivity index (χ4v) is 2.10. The van der Waals surface area contributed by atoms with E-state index in [-0.39, 0.29) is 11.6 Å². The Labute approximate surface area is 128 Å². The molecule has 5 heteroatoms. The third-order valence-corrected chi connectivity index (χ3v) is 3.08. The Morgan fingerprint density at radius 2 is 1.95 bits per heavy atom.